The Bertz CT molecular complexity index is 590. The highest BCUT2D eigenvalue weighted by atomic mass is 35.5. The second-order valence-electron chi connectivity index (χ2n) is 4.32. The van der Waals surface area contributed by atoms with Gasteiger partial charge in [-0.3, -0.25) is 0 Å². The van der Waals surface area contributed by atoms with Gasteiger partial charge in [-0.2, -0.15) is 5.26 Å². The summed E-state index contributed by atoms with van der Waals surface area (Å²) < 4.78 is 5.27. The zero-order valence-electron chi connectivity index (χ0n) is 11.0. The quantitative estimate of drug-likeness (QED) is 0.883. The van der Waals surface area contributed by atoms with E-state index in [-0.39, 0.29) is 6.61 Å². The summed E-state index contributed by atoms with van der Waals surface area (Å²) in [5, 5.41) is 12.6. The highest BCUT2D eigenvalue weighted by Crippen LogP contribution is 2.13. The predicted molar refractivity (Wildman–Crippen MR) is 79.5 cm³/mol. The second-order valence-corrected chi connectivity index (χ2v) is 4.76. The molecule has 102 valence electrons. The number of hydrogen-bond acceptors (Lipinski definition) is 3. The molecule has 0 fully saturated rings. The summed E-state index contributed by atoms with van der Waals surface area (Å²) in [4.78, 5) is 0. The number of hydrogen-bond donors (Lipinski definition) is 1. The number of halogens is 1. The first-order valence-electron chi connectivity index (χ1n) is 6.32. The Morgan fingerprint density at radius 2 is 1.80 bits per heavy atom. The molecular formula is C16H15ClN2O. The van der Waals surface area contributed by atoms with Gasteiger partial charge in [-0.1, -0.05) is 35.9 Å². The van der Waals surface area contributed by atoms with Crippen LogP contribution in [0.1, 0.15) is 11.1 Å². The first-order chi connectivity index (χ1) is 9.78. The van der Waals surface area contributed by atoms with E-state index in [2.05, 4.69) is 5.32 Å². The van der Waals surface area contributed by atoms with Gasteiger partial charge in [0.15, 0.2) is 6.61 Å². The van der Waals surface area contributed by atoms with Crippen molar-refractivity contribution in [2.45, 2.75) is 13.1 Å². The minimum Gasteiger partial charge on any atom is -0.479 e. The average molecular weight is 287 g/mol. The van der Waals surface area contributed by atoms with Crippen molar-refractivity contribution in [2.24, 2.45) is 0 Å². The van der Waals surface area contributed by atoms with Crippen molar-refractivity contribution in [3.05, 3.63) is 64.7 Å². The maximum atomic E-state index is 8.49. The Hall–Kier alpha value is -2.02. The van der Waals surface area contributed by atoms with Crippen molar-refractivity contribution in [1.82, 2.24) is 5.32 Å². The molecule has 1 N–H and O–H groups in total. The van der Waals surface area contributed by atoms with Gasteiger partial charge in [0.25, 0.3) is 0 Å². The number of nitriles is 1. The Balaban J connectivity index is 1.84. The first-order valence-corrected chi connectivity index (χ1v) is 6.69. The van der Waals surface area contributed by atoms with E-state index in [0.717, 1.165) is 29.4 Å². The molecule has 0 bridgehead atoms. The van der Waals surface area contributed by atoms with E-state index in [1.54, 1.807) is 0 Å². The van der Waals surface area contributed by atoms with Gasteiger partial charge in [-0.25, -0.2) is 0 Å². The molecular weight excluding hydrogens is 272 g/mol. The molecule has 0 radical (unpaired) electrons. The average Bonchev–Trinajstić information content (AvgIpc) is 2.48. The lowest BCUT2D eigenvalue weighted by Gasteiger charge is -2.07. The van der Waals surface area contributed by atoms with Crippen molar-refractivity contribution in [3.8, 4) is 11.8 Å². The molecule has 0 unspecified atom stereocenters. The molecule has 0 amide bonds. The zero-order valence-corrected chi connectivity index (χ0v) is 11.7. The zero-order chi connectivity index (χ0) is 14.2. The highest BCUT2D eigenvalue weighted by Gasteiger charge is 1.98. The molecule has 0 aliphatic rings. The van der Waals surface area contributed by atoms with Gasteiger partial charge in [-0.05, 0) is 35.4 Å². The maximum Gasteiger partial charge on any atom is 0.174 e. The summed E-state index contributed by atoms with van der Waals surface area (Å²) in [6, 6.07) is 17.5. The standard InChI is InChI=1S/C16H15ClN2O/c17-15-6-4-13(5-7-15)11-19-12-14-2-1-3-16(10-14)20-9-8-18/h1-7,10,19H,9,11-12H2. The third-order valence-corrected chi connectivity index (χ3v) is 3.03. The molecule has 2 aromatic rings. The molecule has 3 nitrogen and oxygen atoms in total. The van der Waals surface area contributed by atoms with Crippen molar-refractivity contribution >= 4 is 11.6 Å². The lowest BCUT2D eigenvalue weighted by atomic mass is 10.2. The van der Waals surface area contributed by atoms with Gasteiger partial charge in [0, 0.05) is 18.1 Å². The predicted octanol–water partition coefficient (Wildman–Crippen LogP) is 3.53. The van der Waals surface area contributed by atoms with Crippen molar-refractivity contribution in [1.29, 1.82) is 5.26 Å². The molecule has 0 atom stereocenters. The Morgan fingerprint density at radius 3 is 2.55 bits per heavy atom. The minimum absolute atomic E-state index is 0.0711. The molecule has 0 spiro atoms. The van der Waals surface area contributed by atoms with Gasteiger partial charge in [0.1, 0.15) is 11.8 Å². The summed E-state index contributed by atoms with van der Waals surface area (Å²) in [6.45, 7) is 1.59. The Labute approximate surface area is 123 Å². The molecule has 0 heterocycles. The van der Waals surface area contributed by atoms with E-state index in [9.17, 15) is 0 Å². The smallest absolute Gasteiger partial charge is 0.174 e. The largest absolute Gasteiger partial charge is 0.479 e. The third kappa shape index (κ3) is 4.58. The molecule has 2 rings (SSSR count). The Kier molecular flexibility index (Phi) is 5.43. The SMILES string of the molecule is N#CCOc1cccc(CNCc2ccc(Cl)cc2)c1. The van der Waals surface area contributed by atoms with Crippen LogP contribution in [-0.4, -0.2) is 6.61 Å². The van der Waals surface area contributed by atoms with Crippen molar-refractivity contribution in [3.63, 3.8) is 0 Å². The fourth-order valence-corrected chi connectivity index (χ4v) is 1.94. The van der Waals surface area contributed by atoms with Gasteiger partial charge < -0.3 is 10.1 Å². The molecule has 0 aliphatic heterocycles. The van der Waals surface area contributed by atoms with E-state index >= 15 is 0 Å². The van der Waals surface area contributed by atoms with E-state index in [0.29, 0.717) is 0 Å². The van der Waals surface area contributed by atoms with Crippen LogP contribution in [0.3, 0.4) is 0 Å². The van der Waals surface area contributed by atoms with Gasteiger partial charge in [0.05, 0.1) is 0 Å². The number of nitrogens with one attached hydrogen (secondary N) is 1. The van der Waals surface area contributed by atoms with Crippen LogP contribution in [0.5, 0.6) is 5.75 Å². The van der Waals surface area contributed by atoms with Gasteiger partial charge >= 0.3 is 0 Å². The lowest BCUT2D eigenvalue weighted by Crippen LogP contribution is -2.12. The molecule has 0 aromatic heterocycles. The van der Waals surface area contributed by atoms with Gasteiger partial charge in [0.2, 0.25) is 0 Å². The molecule has 2 aromatic carbocycles. The van der Waals surface area contributed by atoms with Crippen LogP contribution < -0.4 is 10.1 Å². The van der Waals surface area contributed by atoms with E-state index in [1.165, 1.54) is 5.56 Å². The number of nitrogens with zero attached hydrogens (tertiary/aromatic N) is 1. The molecule has 20 heavy (non-hydrogen) atoms. The minimum atomic E-state index is 0.0711. The van der Waals surface area contributed by atoms with Crippen molar-refractivity contribution < 1.29 is 4.74 Å². The molecule has 0 saturated carbocycles. The van der Waals surface area contributed by atoms with E-state index in [4.69, 9.17) is 21.6 Å². The Morgan fingerprint density at radius 1 is 1.05 bits per heavy atom. The topological polar surface area (TPSA) is 45.0 Å². The lowest BCUT2D eigenvalue weighted by molar-refractivity contribution is 0.367. The normalized spacial score (nSPS) is 10.0. The van der Waals surface area contributed by atoms with Crippen LogP contribution in [0.4, 0.5) is 0 Å². The molecule has 4 heteroatoms. The second kappa shape index (κ2) is 7.54. The van der Waals surface area contributed by atoms with Crippen molar-refractivity contribution in [2.75, 3.05) is 6.61 Å². The summed E-state index contributed by atoms with van der Waals surface area (Å²) in [6.07, 6.45) is 0. The fraction of sp³-hybridized carbons (Fsp3) is 0.188. The molecule has 0 aliphatic carbocycles. The van der Waals surface area contributed by atoms with Crippen LogP contribution in [-0.2, 0) is 13.1 Å². The molecule has 0 saturated heterocycles. The third-order valence-electron chi connectivity index (χ3n) is 2.77. The van der Waals surface area contributed by atoms with E-state index in [1.807, 2.05) is 54.6 Å². The summed E-state index contributed by atoms with van der Waals surface area (Å²) in [7, 11) is 0. The van der Waals surface area contributed by atoms with Crippen LogP contribution in [0.25, 0.3) is 0 Å². The van der Waals surface area contributed by atoms with Crippen LogP contribution in [0, 0.1) is 11.3 Å². The number of rotatable bonds is 6. The van der Waals surface area contributed by atoms with Crippen LogP contribution in [0.15, 0.2) is 48.5 Å². The summed E-state index contributed by atoms with van der Waals surface area (Å²) >= 11 is 5.84. The first kappa shape index (κ1) is 14.4. The summed E-state index contributed by atoms with van der Waals surface area (Å²) in [5.74, 6) is 0.720. The van der Waals surface area contributed by atoms with Crippen LogP contribution >= 0.6 is 11.6 Å². The van der Waals surface area contributed by atoms with Crippen LogP contribution in [0.2, 0.25) is 5.02 Å². The number of ether oxygens (including phenoxy) is 1. The number of benzene rings is 2. The fourth-order valence-electron chi connectivity index (χ4n) is 1.81. The monoisotopic (exact) mass is 286 g/mol. The van der Waals surface area contributed by atoms with Gasteiger partial charge in [-0.15, -0.1) is 0 Å². The van der Waals surface area contributed by atoms with E-state index < -0.39 is 0 Å². The highest BCUT2D eigenvalue weighted by molar-refractivity contribution is 6.30. The summed E-state index contributed by atoms with van der Waals surface area (Å²) in [5.41, 5.74) is 2.31. The maximum absolute atomic E-state index is 8.49.